The lowest BCUT2D eigenvalue weighted by atomic mass is 9.98. The van der Waals surface area contributed by atoms with Gasteiger partial charge in [0.15, 0.2) is 0 Å². The fraction of sp³-hybridized carbons (Fsp3) is 0.158. The minimum absolute atomic E-state index is 0.281. The predicted octanol–water partition coefficient (Wildman–Crippen LogP) is 4.44. The molecular weight excluding hydrogens is 342 g/mol. The number of hydrogen-bond acceptors (Lipinski definition) is 3. The molecule has 1 atom stereocenters. The molecule has 3 nitrogen and oxygen atoms in total. The Morgan fingerprint density at radius 2 is 1.88 bits per heavy atom. The first kappa shape index (κ1) is 17.2. The summed E-state index contributed by atoms with van der Waals surface area (Å²) in [5, 5.41) is 3.69. The largest absolute Gasteiger partial charge is 0.344 e. The third kappa shape index (κ3) is 4.48. The van der Waals surface area contributed by atoms with Crippen molar-refractivity contribution in [3.8, 4) is 0 Å². The standard InChI is InChI=1S/C19H16F2N2OS/c1-12-22-11-18(25-12)19(24)23-17(14-5-3-7-16(21)10-14)9-13-4-2-6-15(20)8-13/h2-8,10-11,17H,9H2,1H3,(H,23,24)/t17-/m1/s1. The van der Waals surface area contributed by atoms with Crippen LogP contribution in [0, 0.1) is 18.6 Å². The second-order valence-corrected chi connectivity index (χ2v) is 6.89. The number of benzene rings is 2. The van der Waals surface area contributed by atoms with Gasteiger partial charge in [0.1, 0.15) is 16.5 Å². The molecule has 1 amide bonds. The Morgan fingerprint density at radius 3 is 2.52 bits per heavy atom. The van der Waals surface area contributed by atoms with Crippen molar-refractivity contribution in [1.82, 2.24) is 10.3 Å². The highest BCUT2D eigenvalue weighted by Gasteiger charge is 2.18. The summed E-state index contributed by atoms with van der Waals surface area (Å²) in [6, 6.07) is 11.7. The van der Waals surface area contributed by atoms with Crippen molar-refractivity contribution in [2.75, 3.05) is 0 Å². The van der Waals surface area contributed by atoms with E-state index in [0.717, 1.165) is 10.6 Å². The molecule has 3 rings (SSSR count). The summed E-state index contributed by atoms with van der Waals surface area (Å²) in [5.74, 6) is -1.01. The van der Waals surface area contributed by atoms with Gasteiger partial charge in [-0.3, -0.25) is 4.79 Å². The van der Waals surface area contributed by atoms with Gasteiger partial charge in [0.25, 0.3) is 5.91 Å². The molecule has 0 unspecified atom stereocenters. The molecule has 2 aromatic carbocycles. The molecule has 0 radical (unpaired) electrons. The van der Waals surface area contributed by atoms with Gasteiger partial charge in [-0.2, -0.15) is 0 Å². The van der Waals surface area contributed by atoms with Crippen LogP contribution < -0.4 is 5.32 Å². The third-order valence-electron chi connectivity index (χ3n) is 3.73. The molecule has 6 heteroatoms. The van der Waals surface area contributed by atoms with Crippen molar-refractivity contribution in [3.63, 3.8) is 0 Å². The van der Waals surface area contributed by atoms with Crippen LogP contribution in [0.3, 0.4) is 0 Å². The van der Waals surface area contributed by atoms with E-state index in [4.69, 9.17) is 0 Å². The maximum absolute atomic E-state index is 13.6. The number of hydrogen-bond donors (Lipinski definition) is 1. The van der Waals surface area contributed by atoms with Gasteiger partial charge in [0.2, 0.25) is 0 Å². The number of aryl methyl sites for hydroxylation is 1. The number of rotatable bonds is 5. The Morgan fingerprint density at radius 1 is 1.16 bits per heavy atom. The quantitative estimate of drug-likeness (QED) is 0.732. The van der Waals surface area contributed by atoms with Crippen LogP contribution >= 0.6 is 11.3 Å². The number of carbonyl (C=O) groups is 1. The van der Waals surface area contributed by atoms with Crippen molar-refractivity contribution in [2.24, 2.45) is 0 Å². The minimum Gasteiger partial charge on any atom is -0.344 e. The number of nitrogens with zero attached hydrogens (tertiary/aromatic N) is 1. The fourth-order valence-corrected chi connectivity index (χ4v) is 3.25. The van der Waals surface area contributed by atoms with E-state index in [-0.39, 0.29) is 17.5 Å². The van der Waals surface area contributed by atoms with Gasteiger partial charge in [0.05, 0.1) is 17.2 Å². The minimum atomic E-state index is -0.479. The molecular formula is C19H16F2N2OS. The normalized spacial score (nSPS) is 12.0. The van der Waals surface area contributed by atoms with Crippen LogP contribution in [-0.4, -0.2) is 10.9 Å². The first-order valence-corrected chi connectivity index (χ1v) is 8.56. The zero-order chi connectivity index (χ0) is 17.8. The highest BCUT2D eigenvalue weighted by molar-refractivity contribution is 7.13. The second-order valence-electron chi connectivity index (χ2n) is 5.66. The molecule has 0 fully saturated rings. The Labute approximate surface area is 148 Å². The van der Waals surface area contributed by atoms with E-state index in [1.807, 2.05) is 6.92 Å². The SMILES string of the molecule is Cc1ncc(C(=O)N[C@H](Cc2cccc(F)c2)c2cccc(F)c2)s1. The van der Waals surface area contributed by atoms with Gasteiger partial charge in [-0.25, -0.2) is 13.8 Å². The van der Waals surface area contributed by atoms with E-state index in [1.54, 1.807) is 24.3 Å². The summed E-state index contributed by atoms with van der Waals surface area (Å²) in [6.45, 7) is 1.82. The van der Waals surface area contributed by atoms with Crippen LogP contribution in [-0.2, 0) is 6.42 Å². The van der Waals surface area contributed by atoms with Crippen LogP contribution in [0.15, 0.2) is 54.7 Å². The molecule has 1 N–H and O–H groups in total. The molecule has 25 heavy (non-hydrogen) atoms. The van der Waals surface area contributed by atoms with Gasteiger partial charge >= 0.3 is 0 Å². The second kappa shape index (κ2) is 7.53. The van der Waals surface area contributed by atoms with Crippen molar-refractivity contribution in [3.05, 3.63) is 87.4 Å². The molecule has 0 saturated heterocycles. The van der Waals surface area contributed by atoms with Crippen LogP contribution in [0.25, 0.3) is 0 Å². The zero-order valence-electron chi connectivity index (χ0n) is 13.5. The van der Waals surface area contributed by atoms with E-state index >= 15 is 0 Å². The molecule has 1 aromatic heterocycles. The van der Waals surface area contributed by atoms with E-state index in [0.29, 0.717) is 16.9 Å². The molecule has 128 valence electrons. The van der Waals surface area contributed by atoms with Crippen LogP contribution in [0.1, 0.15) is 31.8 Å². The lowest BCUT2D eigenvalue weighted by Gasteiger charge is -2.19. The molecule has 3 aromatic rings. The first-order valence-electron chi connectivity index (χ1n) is 7.74. The summed E-state index contributed by atoms with van der Waals surface area (Å²) in [4.78, 5) is 17.0. The summed E-state index contributed by atoms with van der Waals surface area (Å²) in [5.41, 5.74) is 1.34. The van der Waals surface area contributed by atoms with E-state index < -0.39 is 6.04 Å². The zero-order valence-corrected chi connectivity index (χ0v) is 14.3. The van der Waals surface area contributed by atoms with Crippen LogP contribution in [0.4, 0.5) is 8.78 Å². The molecule has 1 heterocycles. The Bertz CT molecular complexity index is 894. The van der Waals surface area contributed by atoms with Crippen molar-refractivity contribution < 1.29 is 13.6 Å². The monoisotopic (exact) mass is 358 g/mol. The molecule has 0 bridgehead atoms. The van der Waals surface area contributed by atoms with E-state index in [2.05, 4.69) is 10.3 Å². The first-order chi connectivity index (χ1) is 12.0. The number of aromatic nitrogens is 1. The van der Waals surface area contributed by atoms with Crippen LogP contribution in [0.5, 0.6) is 0 Å². The van der Waals surface area contributed by atoms with E-state index in [1.165, 1.54) is 41.8 Å². The number of nitrogens with one attached hydrogen (secondary N) is 1. The summed E-state index contributed by atoms with van der Waals surface area (Å²) < 4.78 is 27.1. The average molecular weight is 358 g/mol. The van der Waals surface area contributed by atoms with Gasteiger partial charge < -0.3 is 5.32 Å². The summed E-state index contributed by atoms with van der Waals surface area (Å²) in [6.07, 6.45) is 1.87. The number of halogens is 2. The van der Waals surface area contributed by atoms with Crippen molar-refractivity contribution >= 4 is 17.2 Å². The maximum Gasteiger partial charge on any atom is 0.263 e. The molecule has 0 aliphatic carbocycles. The number of thiazole rings is 1. The predicted molar refractivity (Wildman–Crippen MR) is 93.6 cm³/mol. The van der Waals surface area contributed by atoms with Gasteiger partial charge in [-0.05, 0) is 48.7 Å². The number of amides is 1. The van der Waals surface area contributed by atoms with E-state index in [9.17, 15) is 13.6 Å². The molecule has 0 aliphatic heterocycles. The van der Waals surface area contributed by atoms with Gasteiger partial charge in [0, 0.05) is 0 Å². The topological polar surface area (TPSA) is 42.0 Å². The Kier molecular flexibility index (Phi) is 5.19. The van der Waals surface area contributed by atoms with Gasteiger partial charge in [-0.1, -0.05) is 24.3 Å². The Balaban J connectivity index is 1.87. The summed E-state index contributed by atoms with van der Waals surface area (Å²) in [7, 11) is 0. The third-order valence-corrected chi connectivity index (χ3v) is 4.64. The lowest BCUT2D eigenvalue weighted by Crippen LogP contribution is -2.29. The average Bonchev–Trinajstić information content (AvgIpc) is 3.01. The van der Waals surface area contributed by atoms with Crippen molar-refractivity contribution in [1.29, 1.82) is 0 Å². The maximum atomic E-state index is 13.6. The number of carbonyl (C=O) groups excluding carboxylic acids is 1. The highest BCUT2D eigenvalue weighted by Crippen LogP contribution is 2.21. The smallest absolute Gasteiger partial charge is 0.263 e. The molecule has 0 saturated carbocycles. The lowest BCUT2D eigenvalue weighted by molar-refractivity contribution is 0.0940. The van der Waals surface area contributed by atoms with Crippen molar-refractivity contribution in [2.45, 2.75) is 19.4 Å². The molecule has 0 spiro atoms. The fourth-order valence-electron chi connectivity index (χ4n) is 2.57. The summed E-state index contributed by atoms with van der Waals surface area (Å²) >= 11 is 1.29. The highest BCUT2D eigenvalue weighted by atomic mass is 32.1. The van der Waals surface area contributed by atoms with Crippen LogP contribution in [0.2, 0.25) is 0 Å². The Hall–Kier alpha value is -2.60. The van der Waals surface area contributed by atoms with Gasteiger partial charge in [-0.15, -0.1) is 11.3 Å². The molecule has 0 aliphatic rings.